The van der Waals surface area contributed by atoms with E-state index in [1.165, 1.54) is 43.2 Å². The Morgan fingerprint density at radius 3 is 2.37 bits per heavy atom. The van der Waals surface area contributed by atoms with Gasteiger partial charge in [-0.05, 0) is 48.9 Å². The third-order valence-corrected chi connectivity index (χ3v) is 7.81. The highest BCUT2D eigenvalue weighted by Crippen LogP contribution is 2.41. The zero-order valence-corrected chi connectivity index (χ0v) is 21.7. The molecule has 1 aromatic heterocycles. The Morgan fingerprint density at radius 1 is 1.10 bits per heavy atom. The van der Waals surface area contributed by atoms with Crippen molar-refractivity contribution >= 4 is 51.1 Å². The van der Waals surface area contributed by atoms with Gasteiger partial charge in [0.2, 0.25) is 0 Å². The first-order valence-corrected chi connectivity index (χ1v) is 13.1. The summed E-state index contributed by atoms with van der Waals surface area (Å²) in [5, 5.41) is 9.08. The van der Waals surface area contributed by atoms with Gasteiger partial charge >= 0.3 is 0 Å². The van der Waals surface area contributed by atoms with Crippen LogP contribution in [0.15, 0.2) is 51.7 Å². The Hall–Kier alpha value is -1.13. The molecular formula is C22H32IN3O2S2. The van der Waals surface area contributed by atoms with Crippen molar-refractivity contribution in [3.8, 4) is 0 Å². The van der Waals surface area contributed by atoms with E-state index in [4.69, 9.17) is 4.99 Å². The number of nitrogens with zero attached hydrogens (tertiary/aromatic N) is 1. The zero-order valence-electron chi connectivity index (χ0n) is 17.7. The average molecular weight is 562 g/mol. The molecule has 1 fully saturated rings. The van der Waals surface area contributed by atoms with Gasteiger partial charge in [-0.3, -0.25) is 0 Å². The molecule has 5 nitrogen and oxygen atoms in total. The van der Waals surface area contributed by atoms with Gasteiger partial charge in [0, 0.05) is 29.6 Å². The molecule has 166 valence electrons. The van der Waals surface area contributed by atoms with Gasteiger partial charge in [0.15, 0.2) is 15.8 Å². The molecule has 0 atom stereocenters. The number of rotatable bonds is 7. The van der Waals surface area contributed by atoms with Gasteiger partial charge < -0.3 is 10.6 Å². The van der Waals surface area contributed by atoms with Crippen LogP contribution in [0.4, 0.5) is 0 Å². The van der Waals surface area contributed by atoms with Crippen LogP contribution in [0.25, 0.3) is 0 Å². The summed E-state index contributed by atoms with van der Waals surface area (Å²) < 4.78 is 23.2. The first-order chi connectivity index (χ1) is 13.9. The topological polar surface area (TPSA) is 70.6 Å². The maximum atomic E-state index is 11.6. The summed E-state index contributed by atoms with van der Waals surface area (Å²) >= 11 is 1.86. The van der Waals surface area contributed by atoms with Crippen molar-refractivity contribution in [1.82, 2.24) is 10.6 Å². The largest absolute Gasteiger partial charge is 0.357 e. The highest BCUT2D eigenvalue weighted by atomic mass is 127. The van der Waals surface area contributed by atoms with E-state index in [0.717, 1.165) is 24.6 Å². The lowest BCUT2D eigenvalue weighted by molar-refractivity contribution is 0.296. The summed E-state index contributed by atoms with van der Waals surface area (Å²) in [7, 11) is -3.17. The molecule has 2 aromatic rings. The van der Waals surface area contributed by atoms with Gasteiger partial charge in [0.25, 0.3) is 0 Å². The molecule has 30 heavy (non-hydrogen) atoms. The van der Waals surface area contributed by atoms with Gasteiger partial charge in [-0.25, -0.2) is 13.4 Å². The standard InChI is InChI=1S/C22H31N3O2S2.HI/c1-3-23-21(24-16-18-9-11-19(12-10-18)29(2,26)27)25-17-22(13-5-4-6-14-22)20-8-7-15-28-20;/h7-12,15H,3-6,13-14,16-17H2,1-2H3,(H2,23,24,25);1H. The molecule has 8 heteroatoms. The number of halogens is 1. The fourth-order valence-electron chi connectivity index (χ4n) is 3.93. The van der Waals surface area contributed by atoms with Gasteiger partial charge in [0.05, 0.1) is 11.4 Å². The van der Waals surface area contributed by atoms with E-state index >= 15 is 0 Å². The monoisotopic (exact) mass is 561 g/mol. The fraction of sp³-hybridized carbons (Fsp3) is 0.500. The minimum absolute atomic E-state index is 0. The fourth-order valence-corrected chi connectivity index (χ4v) is 5.54. The minimum Gasteiger partial charge on any atom is -0.357 e. The van der Waals surface area contributed by atoms with E-state index in [1.54, 1.807) is 12.1 Å². The minimum atomic E-state index is -3.17. The summed E-state index contributed by atoms with van der Waals surface area (Å²) in [6, 6.07) is 11.4. The van der Waals surface area contributed by atoms with Crippen LogP contribution in [-0.4, -0.2) is 33.7 Å². The smallest absolute Gasteiger partial charge is 0.191 e. The molecule has 0 bridgehead atoms. The summed E-state index contributed by atoms with van der Waals surface area (Å²) in [6.07, 6.45) is 7.53. The van der Waals surface area contributed by atoms with Crippen LogP contribution in [0, 0.1) is 0 Å². The van der Waals surface area contributed by atoms with Crippen molar-refractivity contribution in [3.63, 3.8) is 0 Å². The Labute approximate surface area is 201 Å². The first kappa shape index (κ1) is 25.1. The molecule has 0 amide bonds. The predicted molar refractivity (Wildman–Crippen MR) is 137 cm³/mol. The Kier molecular flexibility index (Phi) is 9.62. The van der Waals surface area contributed by atoms with E-state index in [1.807, 2.05) is 23.5 Å². The van der Waals surface area contributed by atoms with Crippen molar-refractivity contribution in [2.45, 2.75) is 55.9 Å². The second-order valence-electron chi connectivity index (χ2n) is 7.78. The molecular weight excluding hydrogens is 529 g/mol. The van der Waals surface area contributed by atoms with E-state index in [0.29, 0.717) is 11.4 Å². The van der Waals surface area contributed by atoms with Crippen LogP contribution in [0.5, 0.6) is 0 Å². The number of hydrogen-bond acceptors (Lipinski definition) is 4. The summed E-state index contributed by atoms with van der Waals surface area (Å²) in [5.74, 6) is 0.807. The van der Waals surface area contributed by atoms with Crippen molar-refractivity contribution in [2.75, 3.05) is 19.3 Å². The number of thiophene rings is 1. The molecule has 0 saturated heterocycles. The summed E-state index contributed by atoms with van der Waals surface area (Å²) in [4.78, 5) is 6.53. The first-order valence-electron chi connectivity index (χ1n) is 10.3. The Bertz CT molecular complexity index is 904. The summed E-state index contributed by atoms with van der Waals surface area (Å²) in [5.41, 5.74) is 1.18. The van der Waals surface area contributed by atoms with E-state index in [2.05, 4.69) is 35.1 Å². The molecule has 2 N–H and O–H groups in total. The average Bonchev–Trinajstić information content (AvgIpc) is 3.26. The second-order valence-corrected chi connectivity index (χ2v) is 10.7. The lowest BCUT2D eigenvalue weighted by Crippen LogP contribution is -2.46. The van der Waals surface area contributed by atoms with Crippen molar-refractivity contribution in [1.29, 1.82) is 0 Å². The van der Waals surface area contributed by atoms with Crippen LogP contribution in [-0.2, 0) is 21.8 Å². The predicted octanol–water partition coefficient (Wildman–Crippen LogP) is 4.73. The highest BCUT2D eigenvalue weighted by Gasteiger charge is 2.34. The van der Waals surface area contributed by atoms with E-state index in [9.17, 15) is 8.42 Å². The van der Waals surface area contributed by atoms with Crippen LogP contribution in [0.3, 0.4) is 0 Å². The van der Waals surface area contributed by atoms with Gasteiger partial charge in [-0.1, -0.05) is 37.5 Å². The number of nitrogens with one attached hydrogen (secondary N) is 2. The number of guanidine groups is 1. The quantitative estimate of drug-likeness (QED) is 0.292. The van der Waals surface area contributed by atoms with Gasteiger partial charge in [-0.2, -0.15) is 0 Å². The SMILES string of the molecule is CCNC(=NCc1ccc(S(C)(=O)=O)cc1)NCC1(c2cccs2)CCCCC1.I. The Balaban J connectivity index is 0.00000320. The number of sulfone groups is 1. The highest BCUT2D eigenvalue weighted by molar-refractivity contribution is 14.0. The molecule has 1 heterocycles. The molecule has 1 aromatic carbocycles. The van der Waals surface area contributed by atoms with Gasteiger partial charge in [-0.15, -0.1) is 35.3 Å². The third-order valence-electron chi connectivity index (χ3n) is 5.56. The molecule has 3 rings (SSSR count). The van der Waals surface area contributed by atoms with E-state index in [-0.39, 0.29) is 29.4 Å². The molecule has 0 radical (unpaired) electrons. The number of hydrogen-bond donors (Lipinski definition) is 2. The summed E-state index contributed by atoms with van der Waals surface area (Å²) in [6.45, 7) is 4.25. The van der Waals surface area contributed by atoms with Crippen molar-refractivity contribution < 1.29 is 8.42 Å². The molecule has 0 spiro atoms. The van der Waals surface area contributed by atoms with Crippen LogP contribution in [0.1, 0.15) is 49.5 Å². The normalized spacial score (nSPS) is 16.5. The lowest BCUT2D eigenvalue weighted by atomic mass is 9.73. The maximum Gasteiger partial charge on any atom is 0.191 e. The van der Waals surface area contributed by atoms with Crippen LogP contribution >= 0.6 is 35.3 Å². The molecule has 0 unspecified atom stereocenters. The van der Waals surface area contributed by atoms with Crippen LogP contribution < -0.4 is 10.6 Å². The molecule has 1 aliphatic carbocycles. The Morgan fingerprint density at radius 2 is 1.80 bits per heavy atom. The number of benzene rings is 1. The molecule has 0 aliphatic heterocycles. The lowest BCUT2D eigenvalue weighted by Gasteiger charge is -2.37. The molecule has 1 aliphatic rings. The van der Waals surface area contributed by atoms with Crippen LogP contribution in [0.2, 0.25) is 0 Å². The second kappa shape index (κ2) is 11.5. The third kappa shape index (κ3) is 6.68. The van der Waals surface area contributed by atoms with Crippen molar-refractivity contribution in [2.24, 2.45) is 4.99 Å². The van der Waals surface area contributed by atoms with Crippen molar-refractivity contribution in [3.05, 3.63) is 52.2 Å². The van der Waals surface area contributed by atoms with E-state index < -0.39 is 9.84 Å². The van der Waals surface area contributed by atoms with Gasteiger partial charge in [0.1, 0.15) is 0 Å². The molecule has 1 saturated carbocycles. The number of aliphatic imine (C=N–C) groups is 1. The maximum absolute atomic E-state index is 11.6. The zero-order chi connectivity index (χ0) is 20.7.